The van der Waals surface area contributed by atoms with Gasteiger partial charge >= 0.3 is 5.97 Å². The monoisotopic (exact) mass is 319 g/mol. The van der Waals surface area contributed by atoms with E-state index >= 15 is 0 Å². The van der Waals surface area contributed by atoms with E-state index in [1.165, 1.54) is 12.1 Å². The lowest BCUT2D eigenvalue weighted by Crippen LogP contribution is -2.40. The summed E-state index contributed by atoms with van der Waals surface area (Å²) in [6.07, 6.45) is 2.75. The van der Waals surface area contributed by atoms with Crippen molar-refractivity contribution < 1.29 is 19.1 Å². The predicted octanol–water partition coefficient (Wildman–Crippen LogP) is 3.03. The topological polar surface area (TPSA) is 57.6 Å². The number of nitrogens with zero attached hydrogens (tertiary/aromatic N) is 1. The van der Waals surface area contributed by atoms with E-state index in [-0.39, 0.29) is 29.0 Å². The van der Waals surface area contributed by atoms with E-state index < -0.39 is 5.97 Å². The number of hydrogen-bond donors (Lipinski definition) is 1. The number of carbonyl (C=O) groups is 2. The number of benzene rings is 1. The Morgan fingerprint density at radius 3 is 2.43 bits per heavy atom. The summed E-state index contributed by atoms with van der Waals surface area (Å²) < 4.78 is 13.0. The Hall–Kier alpha value is -1.91. The normalized spacial score (nSPS) is 23.6. The van der Waals surface area contributed by atoms with Crippen LogP contribution in [0.25, 0.3) is 0 Å². The number of carboxylic acids is 1. The number of rotatable bonds is 4. The van der Waals surface area contributed by atoms with Gasteiger partial charge in [0.15, 0.2) is 0 Å². The highest BCUT2D eigenvalue weighted by Gasteiger charge is 2.59. The van der Waals surface area contributed by atoms with Crippen LogP contribution in [0.3, 0.4) is 0 Å². The third-order valence-corrected chi connectivity index (χ3v) is 5.52. The van der Waals surface area contributed by atoms with Crippen molar-refractivity contribution in [2.45, 2.75) is 38.5 Å². The average Bonchev–Trinajstić information content (AvgIpc) is 3.22. The van der Waals surface area contributed by atoms with Crippen LogP contribution in [-0.2, 0) is 9.59 Å². The zero-order valence-corrected chi connectivity index (χ0v) is 13.3. The summed E-state index contributed by atoms with van der Waals surface area (Å²) in [6.45, 7) is 3.27. The molecule has 2 aliphatic rings. The van der Waals surface area contributed by atoms with Crippen molar-refractivity contribution in [2.75, 3.05) is 13.1 Å². The van der Waals surface area contributed by atoms with Crippen LogP contribution < -0.4 is 0 Å². The van der Waals surface area contributed by atoms with E-state index in [2.05, 4.69) is 0 Å². The molecule has 2 unspecified atom stereocenters. The summed E-state index contributed by atoms with van der Waals surface area (Å²) >= 11 is 0. The van der Waals surface area contributed by atoms with Gasteiger partial charge in [-0.05, 0) is 48.3 Å². The molecule has 0 bridgehead atoms. The Balaban J connectivity index is 1.52. The zero-order chi connectivity index (χ0) is 16.6. The Kier molecular flexibility index (Phi) is 4.13. The second kappa shape index (κ2) is 5.95. The van der Waals surface area contributed by atoms with Gasteiger partial charge in [0.1, 0.15) is 5.82 Å². The highest BCUT2D eigenvalue weighted by Crippen LogP contribution is 2.59. The minimum Gasteiger partial charge on any atom is -0.481 e. The maximum Gasteiger partial charge on any atom is 0.307 e. The molecule has 1 aliphatic carbocycles. The Bertz CT molecular complexity index is 605. The van der Waals surface area contributed by atoms with Gasteiger partial charge in [-0.3, -0.25) is 9.59 Å². The average molecular weight is 319 g/mol. The molecule has 1 aromatic rings. The molecule has 0 radical (unpaired) electrons. The maximum atomic E-state index is 13.0. The number of hydrogen-bond acceptors (Lipinski definition) is 2. The highest BCUT2D eigenvalue weighted by atomic mass is 19.1. The number of carbonyl (C=O) groups excluding carboxylic acids is 1. The fraction of sp³-hybridized carbons (Fsp3) is 0.556. The first kappa shape index (κ1) is 16.0. The Morgan fingerprint density at radius 2 is 1.91 bits per heavy atom. The molecule has 0 aromatic heterocycles. The summed E-state index contributed by atoms with van der Waals surface area (Å²) in [6, 6.07) is 6.28. The molecule has 1 spiro atoms. The van der Waals surface area contributed by atoms with Gasteiger partial charge < -0.3 is 10.0 Å². The molecular formula is C18H22FNO3. The van der Waals surface area contributed by atoms with E-state index in [1.54, 1.807) is 12.1 Å². The predicted molar refractivity (Wildman–Crippen MR) is 83.4 cm³/mol. The molecule has 1 aromatic carbocycles. The third kappa shape index (κ3) is 3.23. The van der Waals surface area contributed by atoms with Crippen molar-refractivity contribution in [3.63, 3.8) is 0 Å². The second-order valence-corrected chi connectivity index (χ2v) is 6.99. The first-order valence-electron chi connectivity index (χ1n) is 8.17. The van der Waals surface area contributed by atoms with Gasteiger partial charge in [-0.2, -0.15) is 0 Å². The lowest BCUT2D eigenvalue weighted by atomic mass is 9.90. The first-order chi connectivity index (χ1) is 10.9. The fourth-order valence-electron chi connectivity index (χ4n) is 3.75. The lowest BCUT2D eigenvalue weighted by Gasteiger charge is -2.33. The summed E-state index contributed by atoms with van der Waals surface area (Å²) in [5.41, 5.74) is 0.909. The molecular weight excluding hydrogens is 297 g/mol. The Labute approximate surface area is 135 Å². The number of halogens is 1. The van der Waals surface area contributed by atoms with E-state index in [4.69, 9.17) is 5.11 Å². The third-order valence-electron chi connectivity index (χ3n) is 5.52. The van der Waals surface area contributed by atoms with Gasteiger partial charge in [-0.25, -0.2) is 4.39 Å². The van der Waals surface area contributed by atoms with Crippen LogP contribution in [0.5, 0.6) is 0 Å². The number of piperidine rings is 1. The van der Waals surface area contributed by atoms with Crippen molar-refractivity contribution in [1.82, 2.24) is 4.90 Å². The molecule has 4 nitrogen and oxygen atoms in total. The minimum atomic E-state index is -0.699. The Morgan fingerprint density at radius 1 is 1.30 bits per heavy atom. The van der Waals surface area contributed by atoms with E-state index in [0.29, 0.717) is 19.5 Å². The molecule has 1 amide bonds. The molecule has 124 valence electrons. The van der Waals surface area contributed by atoms with Crippen molar-refractivity contribution in [2.24, 2.45) is 11.3 Å². The largest absolute Gasteiger partial charge is 0.481 e. The molecule has 5 heteroatoms. The van der Waals surface area contributed by atoms with Gasteiger partial charge in [0.05, 0.1) is 5.92 Å². The van der Waals surface area contributed by atoms with E-state index in [1.807, 2.05) is 11.8 Å². The first-order valence-corrected chi connectivity index (χ1v) is 8.17. The summed E-state index contributed by atoms with van der Waals surface area (Å²) in [5, 5.41) is 9.10. The van der Waals surface area contributed by atoms with Crippen LogP contribution in [0, 0.1) is 17.2 Å². The van der Waals surface area contributed by atoms with E-state index in [9.17, 15) is 14.0 Å². The van der Waals surface area contributed by atoms with Gasteiger partial charge in [0.2, 0.25) is 5.91 Å². The van der Waals surface area contributed by atoms with Gasteiger partial charge in [0, 0.05) is 19.5 Å². The molecule has 1 heterocycles. The smallest absolute Gasteiger partial charge is 0.307 e. The van der Waals surface area contributed by atoms with Crippen LogP contribution in [0.15, 0.2) is 24.3 Å². The van der Waals surface area contributed by atoms with Crippen LogP contribution >= 0.6 is 0 Å². The van der Waals surface area contributed by atoms with Gasteiger partial charge in [-0.15, -0.1) is 0 Å². The van der Waals surface area contributed by atoms with Crippen molar-refractivity contribution in [3.8, 4) is 0 Å². The minimum absolute atomic E-state index is 0.0479. The van der Waals surface area contributed by atoms with Gasteiger partial charge in [-0.1, -0.05) is 19.1 Å². The standard InChI is InChI=1S/C18H22FNO3/c1-12(13-2-4-14(19)5-3-13)10-16(21)20-8-6-18(7-9-20)11-15(18)17(22)23/h2-5,12,15H,6-11H2,1H3,(H,22,23). The van der Waals surface area contributed by atoms with Crippen molar-refractivity contribution in [3.05, 3.63) is 35.6 Å². The summed E-state index contributed by atoms with van der Waals surface area (Å²) in [4.78, 5) is 25.4. The second-order valence-electron chi connectivity index (χ2n) is 6.99. The number of amides is 1. The molecule has 3 rings (SSSR count). The molecule has 23 heavy (non-hydrogen) atoms. The molecule has 1 N–H and O–H groups in total. The maximum absolute atomic E-state index is 13.0. The lowest BCUT2D eigenvalue weighted by molar-refractivity contribution is -0.139. The zero-order valence-electron chi connectivity index (χ0n) is 13.3. The quantitative estimate of drug-likeness (QED) is 0.928. The molecule has 2 atom stereocenters. The molecule has 2 fully saturated rings. The number of carboxylic acid groups (broad SMARTS) is 1. The molecule has 1 saturated carbocycles. The van der Waals surface area contributed by atoms with Crippen molar-refractivity contribution >= 4 is 11.9 Å². The fourth-order valence-corrected chi connectivity index (χ4v) is 3.75. The SMILES string of the molecule is CC(CC(=O)N1CCC2(CC1)CC2C(=O)O)c1ccc(F)cc1. The molecule has 1 aliphatic heterocycles. The van der Waals surface area contributed by atoms with Crippen LogP contribution in [-0.4, -0.2) is 35.0 Å². The summed E-state index contributed by atoms with van der Waals surface area (Å²) in [5.74, 6) is -1.03. The van der Waals surface area contributed by atoms with E-state index in [0.717, 1.165) is 24.8 Å². The molecule has 1 saturated heterocycles. The van der Waals surface area contributed by atoms with Crippen molar-refractivity contribution in [1.29, 1.82) is 0 Å². The van der Waals surface area contributed by atoms with Crippen LogP contribution in [0.4, 0.5) is 4.39 Å². The summed E-state index contributed by atoms with van der Waals surface area (Å²) in [7, 11) is 0. The van der Waals surface area contributed by atoms with Gasteiger partial charge in [0.25, 0.3) is 0 Å². The van der Waals surface area contributed by atoms with Crippen LogP contribution in [0.2, 0.25) is 0 Å². The highest BCUT2D eigenvalue weighted by molar-refractivity contribution is 5.78. The number of likely N-dealkylation sites (tertiary alicyclic amines) is 1. The number of aliphatic carboxylic acids is 1. The van der Waals surface area contributed by atoms with Crippen LogP contribution in [0.1, 0.15) is 44.1 Å².